The number of hydrogen-bond acceptors (Lipinski definition) is 1. The highest BCUT2D eigenvalue weighted by Crippen LogP contribution is 2.62. The fourth-order valence-corrected chi connectivity index (χ4v) is 3.57. The van der Waals surface area contributed by atoms with Crippen LogP contribution in [0.15, 0.2) is 18.2 Å². The first kappa shape index (κ1) is 10.8. The summed E-state index contributed by atoms with van der Waals surface area (Å²) in [5, 5.41) is 0. The Morgan fingerprint density at radius 1 is 1.39 bits per heavy atom. The number of aryl methyl sites for hydroxylation is 1. The lowest BCUT2D eigenvalue weighted by molar-refractivity contribution is 0.373. The summed E-state index contributed by atoms with van der Waals surface area (Å²) < 4.78 is 3.22. The fraction of sp³-hybridized carbons (Fsp3) is 0.533. The summed E-state index contributed by atoms with van der Waals surface area (Å²) in [4.78, 5) is 3.36. The number of H-pyrrole nitrogens is 1. The standard InChI is InChI=1S/C15H18N2S/c1-10-2-5-13-12(8-10)16-14(18)17(13)9-15(6-7-15)11-3-4-11/h2,5,8,11H,3-4,6-7,9H2,1H3,(H,16,18). The molecule has 18 heavy (non-hydrogen) atoms. The zero-order valence-electron chi connectivity index (χ0n) is 10.7. The van der Waals surface area contributed by atoms with E-state index in [0.717, 1.165) is 17.2 Å². The van der Waals surface area contributed by atoms with E-state index >= 15 is 0 Å². The van der Waals surface area contributed by atoms with E-state index in [1.807, 2.05) is 0 Å². The van der Waals surface area contributed by atoms with Crippen molar-refractivity contribution < 1.29 is 0 Å². The molecular formula is C15H18N2S. The molecule has 0 unspecified atom stereocenters. The molecule has 2 fully saturated rings. The number of hydrogen-bond donors (Lipinski definition) is 1. The van der Waals surface area contributed by atoms with E-state index in [4.69, 9.17) is 12.2 Å². The van der Waals surface area contributed by atoms with Crippen molar-refractivity contribution in [3.8, 4) is 0 Å². The SMILES string of the molecule is Cc1ccc2c(c1)[nH]c(=S)n2CC1(C2CC2)CC1. The van der Waals surface area contributed by atoms with Crippen molar-refractivity contribution in [2.75, 3.05) is 0 Å². The minimum absolute atomic E-state index is 0.595. The zero-order chi connectivity index (χ0) is 12.3. The Morgan fingerprint density at radius 3 is 2.83 bits per heavy atom. The van der Waals surface area contributed by atoms with Crippen LogP contribution in [0.5, 0.6) is 0 Å². The molecule has 1 aromatic heterocycles. The Bertz CT molecular complexity index is 671. The van der Waals surface area contributed by atoms with Crippen LogP contribution in [0.2, 0.25) is 0 Å². The maximum atomic E-state index is 5.51. The van der Waals surface area contributed by atoms with Crippen LogP contribution in [0.4, 0.5) is 0 Å². The Labute approximate surface area is 112 Å². The molecule has 0 bridgehead atoms. The molecule has 1 aromatic carbocycles. The average Bonchev–Trinajstić information content (AvgIpc) is 3.20. The van der Waals surface area contributed by atoms with Crippen LogP contribution in [0.3, 0.4) is 0 Å². The molecule has 1 N–H and O–H groups in total. The Balaban J connectivity index is 1.80. The zero-order valence-corrected chi connectivity index (χ0v) is 11.5. The average molecular weight is 258 g/mol. The molecule has 4 rings (SSSR count). The van der Waals surface area contributed by atoms with Crippen LogP contribution in [0, 0.1) is 23.0 Å². The topological polar surface area (TPSA) is 20.7 Å². The van der Waals surface area contributed by atoms with Crippen LogP contribution in [0.1, 0.15) is 31.2 Å². The lowest BCUT2D eigenvalue weighted by atomic mass is 10.0. The van der Waals surface area contributed by atoms with Gasteiger partial charge < -0.3 is 9.55 Å². The molecule has 2 aromatic rings. The molecule has 0 amide bonds. The molecular weight excluding hydrogens is 240 g/mol. The van der Waals surface area contributed by atoms with Gasteiger partial charge in [-0.1, -0.05) is 6.07 Å². The van der Waals surface area contributed by atoms with Gasteiger partial charge in [0.05, 0.1) is 11.0 Å². The molecule has 2 saturated carbocycles. The van der Waals surface area contributed by atoms with Crippen molar-refractivity contribution in [2.45, 2.75) is 39.2 Å². The van der Waals surface area contributed by atoms with Crippen molar-refractivity contribution in [1.82, 2.24) is 9.55 Å². The third kappa shape index (κ3) is 1.57. The van der Waals surface area contributed by atoms with E-state index in [9.17, 15) is 0 Å². The molecule has 3 heteroatoms. The lowest BCUT2D eigenvalue weighted by Crippen LogP contribution is -2.13. The normalized spacial score (nSPS) is 21.4. The highest BCUT2D eigenvalue weighted by molar-refractivity contribution is 7.71. The molecule has 1 heterocycles. The summed E-state index contributed by atoms with van der Waals surface area (Å²) in [5.41, 5.74) is 4.34. The summed E-state index contributed by atoms with van der Waals surface area (Å²) >= 11 is 5.51. The largest absolute Gasteiger partial charge is 0.331 e. The summed E-state index contributed by atoms with van der Waals surface area (Å²) in [7, 11) is 0. The Hall–Kier alpha value is -1.09. The van der Waals surface area contributed by atoms with Gasteiger partial charge in [0.1, 0.15) is 0 Å². The van der Waals surface area contributed by atoms with Gasteiger partial charge in [0.2, 0.25) is 0 Å². The number of imidazole rings is 1. The van der Waals surface area contributed by atoms with Gasteiger partial charge in [-0.3, -0.25) is 0 Å². The second-order valence-electron chi connectivity index (χ2n) is 6.17. The van der Waals surface area contributed by atoms with Crippen LogP contribution >= 0.6 is 12.2 Å². The first-order valence-corrected chi connectivity index (χ1v) is 7.28. The van der Waals surface area contributed by atoms with Crippen molar-refractivity contribution in [1.29, 1.82) is 0 Å². The van der Waals surface area contributed by atoms with Crippen LogP contribution in [-0.2, 0) is 6.54 Å². The molecule has 0 saturated heterocycles. The maximum absolute atomic E-state index is 5.51. The molecule has 0 radical (unpaired) electrons. The molecule has 2 aliphatic rings. The molecule has 2 aliphatic carbocycles. The number of fused-ring (bicyclic) bond motifs is 1. The third-order valence-electron chi connectivity index (χ3n) is 4.74. The predicted octanol–water partition coefficient (Wildman–Crippen LogP) is 4.20. The minimum atomic E-state index is 0.595. The summed E-state index contributed by atoms with van der Waals surface area (Å²) in [6.45, 7) is 3.25. The third-order valence-corrected chi connectivity index (χ3v) is 5.06. The maximum Gasteiger partial charge on any atom is 0.178 e. The van der Waals surface area contributed by atoms with Crippen molar-refractivity contribution in [3.05, 3.63) is 28.5 Å². The quantitative estimate of drug-likeness (QED) is 0.818. The van der Waals surface area contributed by atoms with Gasteiger partial charge in [0, 0.05) is 6.54 Å². The first-order valence-electron chi connectivity index (χ1n) is 6.87. The molecule has 0 aliphatic heterocycles. The lowest BCUT2D eigenvalue weighted by Gasteiger charge is -2.15. The van der Waals surface area contributed by atoms with Gasteiger partial charge in [-0.15, -0.1) is 0 Å². The predicted molar refractivity (Wildman–Crippen MR) is 76.3 cm³/mol. The van der Waals surface area contributed by atoms with Crippen LogP contribution in [-0.4, -0.2) is 9.55 Å². The smallest absolute Gasteiger partial charge is 0.178 e. The Kier molecular flexibility index (Phi) is 2.08. The summed E-state index contributed by atoms with van der Waals surface area (Å²) in [5.74, 6) is 0.981. The molecule has 0 spiro atoms. The van der Waals surface area contributed by atoms with Gasteiger partial charge in [0.15, 0.2) is 4.77 Å². The number of nitrogens with one attached hydrogen (secondary N) is 1. The van der Waals surface area contributed by atoms with Crippen molar-refractivity contribution in [2.24, 2.45) is 11.3 Å². The summed E-state index contributed by atoms with van der Waals surface area (Å²) in [6, 6.07) is 6.58. The Morgan fingerprint density at radius 2 is 2.17 bits per heavy atom. The van der Waals surface area contributed by atoms with Gasteiger partial charge in [-0.25, -0.2) is 0 Å². The number of rotatable bonds is 3. The summed E-state index contributed by atoms with van der Waals surface area (Å²) in [6.07, 6.45) is 5.68. The highest BCUT2D eigenvalue weighted by atomic mass is 32.1. The van der Waals surface area contributed by atoms with Gasteiger partial charge in [-0.05, 0) is 73.9 Å². The van der Waals surface area contributed by atoms with Gasteiger partial charge in [0.25, 0.3) is 0 Å². The van der Waals surface area contributed by atoms with E-state index in [-0.39, 0.29) is 0 Å². The number of aromatic nitrogens is 2. The van der Waals surface area contributed by atoms with Crippen molar-refractivity contribution >= 4 is 23.3 Å². The first-order chi connectivity index (χ1) is 8.68. The number of benzene rings is 1. The number of nitrogens with zero attached hydrogens (tertiary/aromatic N) is 1. The van der Waals surface area contributed by atoms with E-state index in [1.165, 1.54) is 42.3 Å². The van der Waals surface area contributed by atoms with Crippen LogP contribution in [0.25, 0.3) is 11.0 Å². The van der Waals surface area contributed by atoms with E-state index in [1.54, 1.807) is 0 Å². The number of aromatic amines is 1. The van der Waals surface area contributed by atoms with Gasteiger partial charge >= 0.3 is 0 Å². The minimum Gasteiger partial charge on any atom is -0.331 e. The fourth-order valence-electron chi connectivity index (χ4n) is 3.30. The van der Waals surface area contributed by atoms with E-state index < -0.39 is 0 Å². The van der Waals surface area contributed by atoms with E-state index in [0.29, 0.717) is 5.41 Å². The monoisotopic (exact) mass is 258 g/mol. The molecule has 94 valence electrons. The second kappa shape index (κ2) is 3.47. The van der Waals surface area contributed by atoms with E-state index in [2.05, 4.69) is 34.7 Å². The van der Waals surface area contributed by atoms with Crippen LogP contribution < -0.4 is 0 Å². The molecule has 0 atom stereocenters. The second-order valence-corrected chi connectivity index (χ2v) is 6.56. The molecule has 2 nitrogen and oxygen atoms in total. The highest BCUT2D eigenvalue weighted by Gasteiger charge is 2.53. The van der Waals surface area contributed by atoms with Crippen molar-refractivity contribution in [3.63, 3.8) is 0 Å². The van der Waals surface area contributed by atoms with Gasteiger partial charge in [-0.2, -0.15) is 0 Å².